The van der Waals surface area contributed by atoms with E-state index in [-0.39, 0.29) is 5.97 Å². The minimum absolute atomic E-state index is 0.389. The zero-order valence-electron chi connectivity index (χ0n) is 14.1. The van der Waals surface area contributed by atoms with Crippen LogP contribution in [-0.2, 0) is 4.74 Å². The summed E-state index contributed by atoms with van der Waals surface area (Å²) >= 11 is 1.38. The van der Waals surface area contributed by atoms with Crippen LogP contribution in [0.1, 0.15) is 22.8 Å². The van der Waals surface area contributed by atoms with E-state index in [0.29, 0.717) is 28.7 Å². The number of hydrogen-bond donors (Lipinski definition) is 0. The second-order valence-corrected chi connectivity index (χ2v) is 6.19. The molecule has 6 nitrogen and oxygen atoms in total. The zero-order chi connectivity index (χ0) is 17.8. The van der Waals surface area contributed by atoms with Crippen LogP contribution in [0, 0.1) is 6.92 Å². The van der Waals surface area contributed by atoms with Gasteiger partial charge in [-0.25, -0.2) is 9.78 Å². The molecular formula is C18H17N3O3S. The predicted molar refractivity (Wildman–Crippen MR) is 95.1 cm³/mol. The second kappa shape index (κ2) is 7.48. The van der Waals surface area contributed by atoms with Crippen LogP contribution in [0.15, 0.2) is 46.7 Å². The monoisotopic (exact) mass is 355 g/mol. The van der Waals surface area contributed by atoms with Crippen molar-refractivity contribution in [2.24, 2.45) is 0 Å². The standard InChI is InChI=1S/C18H17N3O3S/c1-4-24-16-11(2)10-20-18(21-16)25-14-8-7-13(17(22)23-3)12-6-5-9-19-15(12)14/h5-10H,4H2,1-3H3. The molecule has 0 bridgehead atoms. The highest BCUT2D eigenvalue weighted by Crippen LogP contribution is 2.33. The van der Waals surface area contributed by atoms with Crippen LogP contribution in [0.2, 0.25) is 0 Å². The van der Waals surface area contributed by atoms with E-state index in [0.717, 1.165) is 15.8 Å². The highest BCUT2D eigenvalue weighted by atomic mass is 32.2. The minimum atomic E-state index is -0.389. The van der Waals surface area contributed by atoms with Crippen LogP contribution in [0.3, 0.4) is 0 Å². The molecule has 0 fully saturated rings. The molecule has 0 N–H and O–H groups in total. The first-order valence-corrected chi connectivity index (χ1v) is 8.56. The van der Waals surface area contributed by atoms with E-state index in [2.05, 4.69) is 15.0 Å². The van der Waals surface area contributed by atoms with Gasteiger partial charge in [0.1, 0.15) is 0 Å². The predicted octanol–water partition coefficient (Wildman–Crippen LogP) is 3.67. The summed E-state index contributed by atoms with van der Waals surface area (Å²) in [5.41, 5.74) is 2.07. The van der Waals surface area contributed by atoms with Crippen LogP contribution < -0.4 is 4.74 Å². The van der Waals surface area contributed by atoms with E-state index in [1.165, 1.54) is 18.9 Å². The summed E-state index contributed by atoms with van der Waals surface area (Å²) < 4.78 is 10.4. The van der Waals surface area contributed by atoms with Crippen molar-refractivity contribution in [1.82, 2.24) is 15.0 Å². The Morgan fingerprint density at radius 1 is 1.24 bits per heavy atom. The molecule has 3 aromatic rings. The van der Waals surface area contributed by atoms with Crippen molar-refractivity contribution in [3.63, 3.8) is 0 Å². The number of benzene rings is 1. The first-order valence-electron chi connectivity index (χ1n) is 7.74. The van der Waals surface area contributed by atoms with E-state index < -0.39 is 0 Å². The van der Waals surface area contributed by atoms with Crippen LogP contribution in [0.4, 0.5) is 0 Å². The average molecular weight is 355 g/mol. The number of pyridine rings is 1. The summed E-state index contributed by atoms with van der Waals surface area (Å²) in [5.74, 6) is 0.184. The molecule has 0 saturated carbocycles. The molecular weight excluding hydrogens is 338 g/mol. The maximum absolute atomic E-state index is 12.0. The van der Waals surface area contributed by atoms with Crippen molar-refractivity contribution in [3.8, 4) is 5.88 Å². The van der Waals surface area contributed by atoms with Gasteiger partial charge in [0.15, 0.2) is 5.16 Å². The summed E-state index contributed by atoms with van der Waals surface area (Å²) in [6.45, 7) is 4.36. The molecule has 0 unspecified atom stereocenters. The normalized spacial score (nSPS) is 10.7. The molecule has 7 heteroatoms. The molecule has 0 amide bonds. The Balaban J connectivity index is 2.03. The molecule has 0 aliphatic heterocycles. The smallest absolute Gasteiger partial charge is 0.338 e. The van der Waals surface area contributed by atoms with Crippen LogP contribution >= 0.6 is 11.8 Å². The van der Waals surface area contributed by atoms with Crippen LogP contribution in [-0.4, -0.2) is 34.6 Å². The minimum Gasteiger partial charge on any atom is -0.478 e. The summed E-state index contributed by atoms with van der Waals surface area (Å²) in [4.78, 5) is 26.0. The molecule has 0 aliphatic rings. The highest BCUT2D eigenvalue weighted by Gasteiger charge is 2.15. The molecule has 2 heterocycles. The maximum Gasteiger partial charge on any atom is 0.338 e. The second-order valence-electron chi connectivity index (χ2n) is 5.18. The Bertz CT molecular complexity index is 931. The Morgan fingerprint density at radius 2 is 2.08 bits per heavy atom. The van der Waals surface area contributed by atoms with E-state index in [1.807, 2.05) is 26.0 Å². The zero-order valence-corrected chi connectivity index (χ0v) is 15.0. The van der Waals surface area contributed by atoms with Crippen LogP contribution in [0.5, 0.6) is 5.88 Å². The van der Waals surface area contributed by atoms with Gasteiger partial charge >= 0.3 is 5.97 Å². The van der Waals surface area contributed by atoms with Crippen molar-refractivity contribution in [2.75, 3.05) is 13.7 Å². The van der Waals surface area contributed by atoms with Crippen molar-refractivity contribution >= 4 is 28.6 Å². The lowest BCUT2D eigenvalue weighted by Crippen LogP contribution is -2.03. The van der Waals surface area contributed by atoms with Crippen molar-refractivity contribution in [2.45, 2.75) is 23.9 Å². The fourth-order valence-corrected chi connectivity index (χ4v) is 3.18. The molecule has 1 aromatic carbocycles. The first kappa shape index (κ1) is 17.2. The fourth-order valence-electron chi connectivity index (χ4n) is 2.36. The number of aryl methyl sites for hydroxylation is 1. The quantitative estimate of drug-likeness (QED) is 0.510. The van der Waals surface area contributed by atoms with E-state index in [4.69, 9.17) is 9.47 Å². The lowest BCUT2D eigenvalue weighted by molar-refractivity contribution is 0.0603. The SMILES string of the molecule is CCOc1nc(Sc2ccc(C(=O)OC)c3cccnc23)ncc1C. The number of ether oxygens (including phenoxy) is 2. The number of rotatable bonds is 5. The van der Waals surface area contributed by atoms with Gasteiger partial charge < -0.3 is 9.47 Å². The third kappa shape index (κ3) is 3.56. The summed E-state index contributed by atoms with van der Waals surface area (Å²) in [6, 6.07) is 7.20. The number of aromatic nitrogens is 3. The molecule has 25 heavy (non-hydrogen) atoms. The number of fused-ring (bicyclic) bond motifs is 1. The molecule has 128 valence electrons. The Labute approximate surface area is 149 Å². The van der Waals surface area contributed by atoms with Crippen molar-refractivity contribution in [3.05, 3.63) is 47.8 Å². The van der Waals surface area contributed by atoms with Gasteiger partial charge in [0.25, 0.3) is 0 Å². The Hall–Kier alpha value is -2.67. The molecule has 0 aliphatic carbocycles. The number of carbonyl (C=O) groups excluding carboxylic acids is 1. The summed E-state index contributed by atoms with van der Waals surface area (Å²) in [7, 11) is 1.36. The average Bonchev–Trinajstić information content (AvgIpc) is 2.64. The highest BCUT2D eigenvalue weighted by molar-refractivity contribution is 7.99. The summed E-state index contributed by atoms with van der Waals surface area (Å²) in [5, 5.41) is 1.29. The van der Waals surface area contributed by atoms with Crippen molar-refractivity contribution in [1.29, 1.82) is 0 Å². The summed E-state index contributed by atoms with van der Waals surface area (Å²) in [6.07, 6.45) is 3.42. The van der Waals surface area contributed by atoms with E-state index in [9.17, 15) is 4.79 Å². The molecule has 0 atom stereocenters. The maximum atomic E-state index is 12.0. The van der Waals surface area contributed by atoms with Gasteiger partial charge in [0.05, 0.1) is 24.8 Å². The van der Waals surface area contributed by atoms with Crippen molar-refractivity contribution < 1.29 is 14.3 Å². The topological polar surface area (TPSA) is 74.2 Å². The number of esters is 1. The molecule has 0 saturated heterocycles. The third-order valence-electron chi connectivity index (χ3n) is 3.52. The largest absolute Gasteiger partial charge is 0.478 e. The van der Waals surface area contributed by atoms with Gasteiger partial charge in [0.2, 0.25) is 5.88 Å². The Kier molecular flexibility index (Phi) is 5.14. The van der Waals surface area contributed by atoms with Gasteiger partial charge in [-0.05, 0) is 43.8 Å². The van der Waals surface area contributed by atoms with E-state index in [1.54, 1.807) is 24.5 Å². The molecule has 2 aromatic heterocycles. The van der Waals surface area contributed by atoms with Gasteiger partial charge in [-0.2, -0.15) is 4.98 Å². The molecule has 0 spiro atoms. The lowest BCUT2D eigenvalue weighted by Gasteiger charge is -2.10. The number of methoxy groups -OCH3 is 1. The number of nitrogens with zero attached hydrogens (tertiary/aromatic N) is 3. The lowest BCUT2D eigenvalue weighted by atomic mass is 10.1. The molecule has 3 rings (SSSR count). The number of hydrogen-bond acceptors (Lipinski definition) is 7. The Morgan fingerprint density at radius 3 is 2.84 bits per heavy atom. The third-order valence-corrected chi connectivity index (χ3v) is 4.45. The van der Waals surface area contributed by atoms with Gasteiger partial charge in [-0.15, -0.1) is 0 Å². The molecule has 0 radical (unpaired) electrons. The van der Waals surface area contributed by atoms with Gasteiger partial charge in [-0.1, -0.05) is 6.07 Å². The number of carbonyl (C=O) groups is 1. The van der Waals surface area contributed by atoms with Gasteiger partial charge in [0, 0.05) is 28.2 Å². The first-order chi connectivity index (χ1) is 12.1. The van der Waals surface area contributed by atoms with E-state index >= 15 is 0 Å². The fraction of sp³-hybridized carbons (Fsp3) is 0.222. The van der Waals surface area contributed by atoms with Crippen LogP contribution in [0.25, 0.3) is 10.9 Å². The van der Waals surface area contributed by atoms with Gasteiger partial charge in [-0.3, -0.25) is 4.98 Å².